The molecule has 0 saturated heterocycles. The van der Waals surface area contributed by atoms with Gasteiger partial charge in [0, 0.05) is 6.20 Å². The Morgan fingerprint density at radius 1 is 1.15 bits per heavy atom. The summed E-state index contributed by atoms with van der Waals surface area (Å²) in [6, 6.07) is 15.7. The minimum absolute atomic E-state index is 0.0286. The van der Waals surface area contributed by atoms with E-state index >= 15 is 0 Å². The largest absolute Gasteiger partial charge is 0.346 e. The fourth-order valence-corrected chi connectivity index (χ4v) is 2.07. The Morgan fingerprint density at radius 3 is 2.55 bits per heavy atom. The lowest BCUT2D eigenvalue weighted by Gasteiger charge is -2.18. The summed E-state index contributed by atoms with van der Waals surface area (Å²) in [5, 5.41) is 5.87. The molecule has 104 valence electrons. The first-order chi connectivity index (χ1) is 9.79. The first-order valence-corrected chi connectivity index (χ1v) is 6.68. The summed E-state index contributed by atoms with van der Waals surface area (Å²) in [6.45, 7) is 0.304. The molecule has 0 spiro atoms. The number of likely N-dealkylation sites (N-methyl/N-ethyl adjacent to an activating group) is 1. The van der Waals surface area contributed by atoms with Crippen molar-refractivity contribution in [2.75, 3.05) is 13.6 Å². The van der Waals surface area contributed by atoms with Crippen molar-refractivity contribution < 1.29 is 4.79 Å². The molecule has 0 aliphatic carbocycles. The zero-order valence-electron chi connectivity index (χ0n) is 11.5. The highest BCUT2D eigenvalue weighted by atomic mass is 16.1. The third kappa shape index (κ3) is 4.17. The molecule has 0 fully saturated rings. The van der Waals surface area contributed by atoms with Crippen molar-refractivity contribution in [1.82, 2.24) is 15.6 Å². The molecule has 1 heterocycles. The fraction of sp³-hybridized carbons (Fsp3) is 0.250. The number of hydrogen-bond donors (Lipinski definition) is 2. The number of carbonyl (C=O) groups excluding carboxylic acids is 1. The maximum Gasteiger partial charge on any atom is 0.234 e. The van der Waals surface area contributed by atoms with Crippen LogP contribution in [0.3, 0.4) is 0 Å². The van der Waals surface area contributed by atoms with Gasteiger partial charge in [-0.15, -0.1) is 0 Å². The predicted octanol–water partition coefficient (Wildman–Crippen LogP) is 1.70. The number of aromatic nitrogens is 1. The van der Waals surface area contributed by atoms with Gasteiger partial charge in [0.05, 0.1) is 18.3 Å². The van der Waals surface area contributed by atoms with Gasteiger partial charge in [0.15, 0.2) is 0 Å². The molecular weight excluding hydrogens is 250 g/mol. The van der Waals surface area contributed by atoms with Crippen LogP contribution >= 0.6 is 0 Å². The summed E-state index contributed by atoms with van der Waals surface area (Å²) in [4.78, 5) is 16.2. The SMILES string of the molecule is CNCC(=O)NC(Cc1ccccc1)c1ccccn1. The molecule has 4 nitrogen and oxygen atoms in total. The summed E-state index contributed by atoms with van der Waals surface area (Å²) in [5.74, 6) is -0.0286. The quantitative estimate of drug-likeness (QED) is 0.839. The Labute approximate surface area is 119 Å². The molecule has 1 aromatic carbocycles. The third-order valence-electron chi connectivity index (χ3n) is 3.00. The molecule has 20 heavy (non-hydrogen) atoms. The molecule has 1 atom stereocenters. The molecular formula is C16H19N3O. The molecule has 2 N–H and O–H groups in total. The Hall–Kier alpha value is -2.20. The van der Waals surface area contributed by atoms with Gasteiger partial charge in [-0.25, -0.2) is 0 Å². The van der Waals surface area contributed by atoms with Gasteiger partial charge in [0.25, 0.3) is 0 Å². The molecule has 0 bridgehead atoms. The number of benzene rings is 1. The lowest BCUT2D eigenvalue weighted by atomic mass is 10.0. The summed E-state index contributed by atoms with van der Waals surface area (Å²) >= 11 is 0. The zero-order valence-corrected chi connectivity index (χ0v) is 11.5. The Kier molecular flexibility index (Phi) is 5.26. The van der Waals surface area contributed by atoms with E-state index in [4.69, 9.17) is 0 Å². The number of amides is 1. The van der Waals surface area contributed by atoms with E-state index < -0.39 is 0 Å². The maximum atomic E-state index is 11.8. The van der Waals surface area contributed by atoms with Crippen LogP contribution in [0.1, 0.15) is 17.3 Å². The van der Waals surface area contributed by atoms with Gasteiger partial charge in [0.1, 0.15) is 0 Å². The molecule has 4 heteroatoms. The highest BCUT2D eigenvalue weighted by Gasteiger charge is 2.15. The normalized spacial score (nSPS) is 11.8. The molecule has 2 aromatic rings. The zero-order chi connectivity index (χ0) is 14.2. The van der Waals surface area contributed by atoms with E-state index in [0.29, 0.717) is 6.54 Å². The Morgan fingerprint density at radius 2 is 1.90 bits per heavy atom. The van der Waals surface area contributed by atoms with Crippen molar-refractivity contribution in [2.45, 2.75) is 12.5 Å². The van der Waals surface area contributed by atoms with Gasteiger partial charge in [0.2, 0.25) is 5.91 Å². The van der Waals surface area contributed by atoms with Gasteiger partial charge >= 0.3 is 0 Å². The molecule has 0 saturated carbocycles. The molecule has 0 aliphatic rings. The van der Waals surface area contributed by atoms with Crippen LogP contribution < -0.4 is 10.6 Å². The Balaban J connectivity index is 2.14. The molecule has 2 rings (SSSR count). The van der Waals surface area contributed by atoms with Crippen LogP contribution in [-0.2, 0) is 11.2 Å². The summed E-state index contributed by atoms with van der Waals surface area (Å²) in [5.41, 5.74) is 2.05. The number of pyridine rings is 1. The molecule has 1 unspecified atom stereocenters. The fourth-order valence-electron chi connectivity index (χ4n) is 2.07. The van der Waals surface area contributed by atoms with Gasteiger partial charge in [-0.05, 0) is 31.2 Å². The minimum atomic E-state index is -0.112. The monoisotopic (exact) mass is 269 g/mol. The molecule has 1 aromatic heterocycles. The number of carbonyl (C=O) groups is 1. The van der Waals surface area contributed by atoms with Crippen LogP contribution in [-0.4, -0.2) is 24.5 Å². The van der Waals surface area contributed by atoms with E-state index in [0.717, 1.165) is 12.1 Å². The van der Waals surface area contributed by atoms with Crippen LogP contribution in [0, 0.1) is 0 Å². The highest BCUT2D eigenvalue weighted by Crippen LogP contribution is 2.16. The van der Waals surface area contributed by atoms with Crippen LogP contribution in [0.2, 0.25) is 0 Å². The van der Waals surface area contributed by atoms with E-state index in [1.54, 1.807) is 13.2 Å². The Bertz CT molecular complexity index is 528. The lowest BCUT2D eigenvalue weighted by Crippen LogP contribution is -2.36. The van der Waals surface area contributed by atoms with E-state index in [9.17, 15) is 4.79 Å². The van der Waals surface area contributed by atoms with Crippen LogP contribution in [0.4, 0.5) is 0 Å². The topological polar surface area (TPSA) is 54.0 Å². The highest BCUT2D eigenvalue weighted by molar-refractivity contribution is 5.78. The van der Waals surface area contributed by atoms with Crippen molar-refractivity contribution in [3.8, 4) is 0 Å². The number of nitrogens with zero attached hydrogens (tertiary/aromatic N) is 1. The van der Waals surface area contributed by atoms with Gasteiger partial charge < -0.3 is 10.6 Å². The lowest BCUT2D eigenvalue weighted by molar-refractivity contribution is -0.120. The molecule has 0 aliphatic heterocycles. The van der Waals surface area contributed by atoms with E-state index in [1.807, 2.05) is 36.4 Å². The van der Waals surface area contributed by atoms with Crippen LogP contribution in [0.5, 0.6) is 0 Å². The van der Waals surface area contributed by atoms with Gasteiger partial charge in [-0.1, -0.05) is 36.4 Å². The first-order valence-electron chi connectivity index (χ1n) is 6.68. The second-order valence-electron chi connectivity index (χ2n) is 4.59. The van der Waals surface area contributed by atoms with Crippen molar-refractivity contribution in [3.05, 3.63) is 66.0 Å². The van der Waals surface area contributed by atoms with Crippen molar-refractivity contribution in [2.24, 2.45) is 0 Å². The molecule has 0 radical (unpaired) electrons. The second-order valence-corrected chi connectivity index (χ2v) is 4.59. The minimum Gasteiger partial charge on any atom is -0.346 e. The van der Waals surface area contributed by atoms with Crippen LogP contribution in [0.15, 0.2) is 54.7 Å². The summed E-state index contributed by atoms with van der Waals surface area (Å²) < 4.78 is 0. The predicted molar refractivity (Wildman–Crippen MR) is 79.2 cm³/mol. The van der Waals surface area contributed by atoms with E-state index in [-0.39, 0.29) is 11.9 Å². The van der Waals surface area contributed by atoms with E-state index in [2.05, 4.69) is 27.8 Å². The number of nitrogens with one attached hydrogen (secondary N) is 2. The molecule has 1 amide bonds. The maximum absolute atomic E-state index is 11.8. The van der Waals surface area contributed by atoms with Gasteiger partial charge in [-0.2, -0.15) is 0 Å². The standard InChI is InChI=1S/C16H19N3O/c1-17-12-16(20)19-15(14-9-5-6-10-18-14)11-13-7-3-2-4-8-13/h2-10,15,17H,11-12H2,1H3,(H,19,20). The average molecular weight is 269 g/mol. The first kappa shape index (κ1) is 14.2. The smallest absolute Gasteiger partial charge is 0.234 e. The van der Waals surface area contributed by atoms with Crippen molar-refractivity contribution in [3.63, 3.8) is 0 Å². The average Bonchev–Trinajstić information content (AvgIpc) is 2.49. The number of hydrogen-bond acceptors (Lipinski definition) is 3. The van der Waals surface area contributed by atoms with Crippen LogP contribution in [0.25, 0.3) is 0 Å². The summed E-state index contributed by atoms with van der Waals surface area (Å²) in [6.07, 6.45) is 2.48. The van der Waals surface area contributed by atoms with Gasteiger partial charge in [-0.3, -0.25) is 9.78 Å². The number of rotatable bonds is 6. The summed E-state index contributed by atoms with van der Waals surface area (Å²) in [7, 11) is 1.76. The van der Waals surface area contributed by atoms with Crippen molar-refractivity contribution >= 4 is 5.91 Å². The second kappa shape index (κ2) is 7.40. The van der Waals surface area contributed by atoms with E-state index in [1.165, 1.54) is 5.56 Å². The third-order valence-corrected chi connectivity index (χ3v) is 3.00. The van der Waals surface area contributed by atoms with Crippen molar-refractivity contribution in [1.29, 1.82) is 0 Å².